The molecule has 0 amide bonds. The molecule has 2 N–H and O–H groups in total. The zero-order chi connectivity index (χ0) is 16.5. The largest absolute Gasteiger partial charge is 0.399 e. The van der Waals surface area contributed by atoms with Crippen LogP contribution in [0.4, 0.5) is 5.69 Å². The fourth-order valence-electron chi connectivity index (χ4n) is 3.89. The summed E-state index contributed by atoms with van der Waals surface area (Å²) in [6.07, 6.45) is 4.93. The maximum absolute atomic E-state index is 6.05. The van der Waals surface area contributed by atoms with Crippen molar-refractivity contribution in [3.05, 3.63) is 54.2 Å². The summed E-state index contributed by atoms with van der Waals surface area (Å²) in [5.74, 6) is 0. The van der Waals surface area contributed by atoms with Crippen LogP contribution in [0.15, 0.2) is 48.7 Å². The molecule has 3 heteroatoms. The van der Waals surface area contributed by atoms with Crippen molar-refractivity contribution in [1.82, 2.24) is 9.47 Å². The molecule has 0 bridgehead atoms. The second kappa shape index (κ2) is 6.33. The molecule has 0 unspecified atom stereocenters. The smallest absolute Gasteiger partial charge is 0.0486 e. The van der Waals surface area contributed by atoms with E-state index in [1.165, 1.54) is 53.5 Å². The topological polar surface area (TPSA) is 34.2 Å². The van der Waals surface area contributed by atoms with E-state index in [9.17, 15) is 0 Å². The first kappa shape index (κ1) is 15.3. The van der Waals surface area contributed by atoms with Crippen molar-refractivity contribution in [2.75, 3.05) is 25.4 Å². The van der Waals surface area contributed by atoms with Gasteiger partial charge in [-0.25, -0.2) is 0 Å². The molecule has 0 atom stereocenters. The zero-order valence-corrected chi connectivity index (χ0v) is 14.3. The number of benzene rings is 2. The van der Waals surface area contributed by atoms with Crippen molar-refractivity contribution in [1.29, 1.82) is 0 Å². The van der Waals surface area contributed by atoms with Gasteiger partial charge in [-0.1, -0.05) is 18.2 Å². The number of likely N-dealkylation sites (tertiary alicyclic amines) is 1. The average Bonchev–Trinajstić information content (AvgIpc) is 3.21. The van der Waals surface area contributed by atoms with Crippen LogP contribution in [0.25, 0.3) is 22.0 Å². The molecule has 2 heterocycles. The Labute approximate surface area is 143 Å². The standard InChI is InChI=1S/C21H25N3/c1-16-13-17(15-18(22)14-16)19-5-4-6-21-20(19)7-10-24(21)12-11-23-8-2-3-9-23/h4-7,10,13-15H,2-3,8-9,11-12,22H2,1H3. The van der Waals surface area contributed by atoms with Gasteiger partial charge in [0.05, 0.1) is 0 Å². The van der Waals surface area contributed by atoms with Crippen LogP contribution in [0.1, 0.15) is 18.4 Å². The van der Waals surface area contributed by atoms with Crippen molar-refractivity contribution in [2.45, 2.75) is 26.3 Å². The minimum Gasteiger partial charge on any atom is -0.399 e. The summed E-state index contributed by atoms with van der Waals surface area (Å²) in [5.41, 5.74) is 11.9. The number of aryl methyl sites for hydroxylation is 1. The lowest BCUT2D eigenvalue weighted by Crippen LogP contribution is -2.23. The number of nitrogens with zero attached hydrogens (tertiary/aromatic N) is 2. The molecule has 0 spiro atoms. The van der Waals surface area contributed by atoms with Gasteiger partial charge in [0.15, 0.2) is 0 Å². The molecule has 124 valence electrons. The molecule has 24 heavy (non-hydrogen) atoms. The summed E-state index contributed by atoms with van der Waals surface area (Å²) in [6.45, 7) is 6.82. The molecule has 1 aromatic heterocycles. The molecule has 0 aliphatic carbocycles. The highest BCUT2D eigenvalue weighted by atomic mass is 15.2. The van der Waals surface area contributed by atoms with Gasteiger partial charge in [0.25, 0.3) is 0 Å². The molecule has 1 fully saturated rings. The lowest BCUT2D eigenvalue weighted by molar-refractivity contribution is 0.324. The number of anilines is 1. The second-order valence-corrected chi connectivity index (χ2v) is 6.93. The molecule has 1 aliphatic rings. The Hall–Kier alpha value is -2.26. The first-order valence-electron chi connectivity index (χ1n) is 8.88. The third kappa shape index (κ3) is 2.92. The van der Waals surface area contributed by atoms with E-state index in [4.69, 9.17) is 5.73 Å². The summed E-state index contributed by atoms with van der Waals surface area (Å²) < 4.78 is 2.39. The number of fused-ring (bicyclic) bond motifs is 1. The van der Waals surface area contributed by atoms with Crippen molar-refractivity contribution >= 4 is 16.6 Å². The van der Waals surface area contributed by atoms with E-state index < -0.39 is 0 Å². The highest BCUT2D eigenvalue weighted by Crippen LogP contribution is 2.31. The van der Waals surface area contributed by atoms with Crippen LogP contribution in [0.3, 0.4) is 0 Å². The number of nitrogen functional groups attached to an aromatic ring is 1. The molecule has 3 nitrogen and oxygen atoms in total. The Kier molecular flexibility index (Phi) is 4.03. The van der Waals surface area contributed by atoms with Crippen LogP contribution in [0.2, 0.25) is 0 Å². The van der Waals surface area contributed by atoms with Gasteiger partial charge in [-0.2, -0.15) is 0 Å². The second-order valence-electron chi connectivity index (χ2n) is 6.93. The molecule has 1 aliphatic heterocycles. The first-order chi connectivity index (χ1) is 11.7. The van der Waals surface area contributed by atoms with Crippen LogP contribution in [-0.4, -0.2) is 29.1 Å². The highest BCUT2D eigenvalue weighted by molar-refractivity contribution is 5.96. The zero-order valence-electron chi connectivity index (χ0n) is 14.3. The molecular weight excluding hydrogens is 294 g/mol. The van der Waals surface area contributed by atoms with E-state index in [-0.39, 0.29) is 0 Å². The van der Waals surface area contributed by atoms with Crippen LogP contribution in [0.5, 0.6) is 0 Å². The van der Waals surface area contributed by atoms with Crippen LogP contribution < -0.4 is 5.73 Å². The van der Waals surface area contributed by atoms with Gasteiger partial charge in [-0.05, 0) is 73.8 Å². The monoisotopic (exact) mass is 319 g/mol. The van der Waals surface area contributed by atoms with Crippen molar-refractivity contribution in [3.63, 3.8) is 0 Å². The lowest BCUT2D eigenvalue weighted by atomic mass is 9.99. The predicted octanol–water partition coefficient (Wildman–Crippen LogP) is 4.29. The van der Waals surface area contributed by atoms with Crippen molar-refractivity contribution < 1.29 is 0 Å². The van der Waals surface area contributed by atoms with E-state index in [1.807, 2.05) is 6.07 Å². The van der Waals surface area contributed by atoms with E-state index in [0.29, 0.717) is 0 Å². The van der Waals surface area contributed by atoms with Gasteiger partial charge in [-0.15, -0.1) is 0 Å². The Morgan fingerprint density at radius 2 is 1.83 bits per heavy atom. The minimum atomic E-state index is 0.829. The van der Waals surface area contributed by atoms with Gasteiger partial charge >= 0.3 is 0 Å². The van der Waals surface area contributed by atoms with E-state index >= 15 is 0 Å². The minimum absolute atomic E-state index is 0.829. The summed E-state index contributed by atoms with van der Waals surface area (Å²) in [6, 6.07) is 15.1. The molecule has 2 aromatic carbocycles. The Morgan fingerprint density at radius 1 is 1.00 bits per heavy atom. The summed E-state index contributed by atoms with van der Waals surface area (Å²) in [7, 11) is 0. The van der Waals surface area contributed by atoms with Gasteiger partial charge in [0.2, 0.25) is 0 Å². The molecule has 3 aromatic rings. The lowest BCUT2D eigenvalue weighted by Gasteiger charge is -2.15. The molecule has 0 radical (unpaired) electrons. The Bertz CT molecular complexity index is 836. The van der Waals surface area contributed by atoms with Gasteiger partial charge in [0, 0.05) is 35.9 Å². The number of nitrogens with two attached hydrogens (primary N) is 1. The highest BCUT2D eigenvalue weighted by Gasteiger charge is 2.12. The quantitative estimate of drug-likeness (QED) is 0.728. The predicted molar refractivity (Wildman–Crippen MR) is 102 cm³/mol. The number of aromatic nitrogens is 1. The summed E-state index contributed by atoms with van der Waals surface area (Å²) in [4.78, 5) is 2.57. The van der Waals surface area contributed by atoms with Crippen LogP contribution in [0, 0.1) is 6.92 Å². The molecular formula is C21H25N3. The average molecular weight is 319 g/mol. The third-order valence-electron chi connectivity index (χ3n) is 5.08. The molecule has 0 saturated carbocycles. The van der Waals surface area contributed by atoms with Gasteiger partial charge in [-0.3, -0.25) is 0 Å². The number of rotatable bonds is 4. The van der Waals surface area contributed by atoms with Crippen molar-refractivity contribution in [3.8, 4) is 11.1 Å². The first-order valence-corrected chi connectivity index (χ1v) is 8.88. The normalized spacial score (nSPS) is 15.4. The summed E-state index contributed by atoms with van der Waals surface area (Å²) >= 11 is 0. The summed E-state index contributed by atoms with van der Waals surface area (Å²) in [5, 5.41) is 1.31. The van der Waals surface area contributed by atoms with Gasteiger partial charge < -0.3 is 15.2 Å². The van der Waals surface area contributed by atoms with E-state index in [2.05, 4.69) is 59.0 Å². The molecule has 1 saturated heterocycles. The molecule has 4 rings (SSSR count). The Balaban J connectivity index is 1.68. The van der Waals surface area contributed by atoms with Crippen LogP contribution in [-0.2, 0) is 6.54 Å². The van der Waals surface area contributed by atoms with E-state index in [1.54, 1.807) is 0 Å². The van der Waals surface area contributed by atoms with Gasteiger partial charge in [0.1, 0.15) is 0 Å². The third-order valence-corrected chi connectivity index (χ3v) is 5.08. The fraction of sp³-hybridized carbons (Fsp3) is 0.333. The maximum Gasteiger partial charge on any atom is 0.0486 e. The SMILES string of the molecule is Cc1cc(N)cc(-c2cccc3c2ccn3CCN2CCCC2)c1. The number of hydrogen-bond acceptors (Lipinski definition) is 2. The van der Waals surface area contributed by atoms with E-state index in [0.717, 1.165) is 18.8 Å². The maximum atomic E-state index is 6.05. The van der Waals surface area contributed by atoms with Crippen molar-refractivity contribution in [2.24, 2.45) is 0 Å². The number of hydrogen-bond donors (Lipinski definition) is 1. The Morgan fingerprint density at radius 3 is 2.62 bits per heavy atom. The van der Waals surface area contributed by atoms with Crippen LogP contribution >= 0.6 is 0 Å². The fourth-order valence-corrected chi connectivity index (χ4v) is 3.89.